The third kappa shape index (κ3) is 4.62. The molecule has 0 aliphatic carbocycles. The molecule has 1 N–H and O–H groups in total. The highest BCUT2D eigenvalue weighted by Gasteiger charge is 2.32. The molecule has 3 aromatic rings. The molecule has 1 saturated heterocycles. The molecule has 8 heteroatoms. The van der Waals surface area contributed by atoms with Gasteiger partial charge >= 0.3 is 0 Å². The lowest BCUT2D eigenvalue weighted by molar-refractivity contribution is -0.120. The number of benzene rings is 2. The van der Waals surface area contributed by atoms with Crippen LogP contribution in [0, 0.1) is 26.7 Å². The first-order valence-electron chi connectivity index (χ1n) is 10.7. The number of rotatable bonds is 5. The number of nitrogens with one attached hydrogen (secondary N) is 1. The molecule has 1 aliphatic rings. The van der Waals surface area contributed by atoms with E-state index in [0.29, 0.717) is 36.0 Å². The molecule has 4 rings (SSSR count). The molecule has 0 radical (unpaired) electrons. The first-order chi connectivity index (χ1) is 15.3. The molecule has 0 unspecified atom stereocenters. The van der Waals surface area contributed by atoms with E-state index in [1.165, 1.54) is 26.8 Å². The van der Waals surface area contributed by atoms with E-state index in [1.807, 2.05) is 5.38 Å². The summed E-state index contributed by atoms with van der Waals surface area (Å²) in [5, 5.41) is 5.46. The zero-order valence-electron chi connectivity index (χ0n) is 18.5. The Labute approximate surface area is 193 Å². The third-order valence-corrected chi connectivity index (χ3v) is 8.73. The van der Waals surface area contributed by atoms with E-state index in [2.05, 4.69) is 43.2 Å². The van der Waals surface area contributed by atoms with E-state index in [1.54, 1.807) is 30.3 Å². The number of hydrogen-bond donors (Lipinski definition) is 1. The maximum atomic E-state index is 12.8. The van der Waals surface area contributed by atoms with Gasteiger partial charge in [0.1, 0.15) is 0 Å². The topological polar surface area (TPSA) is 79.4 Å². The van der Waals surface area contributed by atoms with Gasteiger partial charge in [-0.25, -0.2) is 13.4 Å². The Bertz CT molecular complexity index is 1230. The Hall–Kier alpha value is -2.55. The van der Waals surface area contributed by atoms with Gasteiger partial charge in [-0.15, -0.1) is 11.3 Å². The van der Waals surface area contributed by atoms with Crippen molar-refractivity contribution in [3.63, 3.8) is 0 Å². The summed E-state index contributed by atoms with van der Waals surface area (Å²) in [6.45, 7) is 6.91. The number of hydrogen-bond acceptors (Lipinski definition) is 5. The zero-order chi connectivity index (χ0) is 22.9. The molecule has 1 aliphatic heterocycles. The predicted octanol–water partition coefficient (Wildman–Crippen LogP) is 4.77. The summed E-state index contributed by atoms with van der Waals surface area (Å²) in [6, 6.07) is 12.7. The number of sulfonamides is 1. The maximum Gasteiger partial charge on any atom is 0.243 e. The van der Waals surface area contributed by atoms with E-state index in [0.717, 1.165) is 16.8 Å². The van der Waals surface area contributed by atoms with Gasteiger partial charge in [0.25, 0.3) is 0 Å². The lowest BCUT2D eigenvalue weighted by Gasteiger charge is -2.30. The van der Waals surface area contributed by atoms with Gasteiger partial charge in [0.2, 0.25) is 15.9 Å². The monoisotopic (exact) mass is 469 g/mol. The fraction of sp³-hybridized carbons (Fsp3) is 0.333. The number of thiazole rings is 1. The van der Waals surface area contributed by atoms with E-state index < -0.39 is 10.0 Å². The highest BCUT2D eigenvalue weighted by Crippen LogP contribution is 2.30. The van der Waals surface area contributed by atoms with Gasteiger partial charge < -0.3 is 5.32 Å². The summed E-state index contributed by atoms with van der Waals surface area (Å²) in [4.78, 5) is 17.7. The lowest BCUT2D eigenvalue weighted by atomic mass is 9.97. The van der Waals surface area contributed by atoms with Crippen molar-refractivity contribution < 1.29 is 13.2 Å². The van der Waals surface area contributed by atoms with Crippen LogP contribution < -0.4 is 5.32 Å². The summed E-state index contributed by atoms with van der Waals surface area (Å²) >= 11 is 1.41. The van der Waals surface area contributed by atoms with Crippen LogP contribution in [0.4, 0.5) is 5.13 Å². The third-order valence-electron chi connectivity index (χ3n) is 6.06. The van der Waals surface area contributed by atoms with Gasteiger partial charge in [0.15, 0.2) is 5.13 Å². The number of carbonyl (C=O) groups is 1. The van der Waals surface area contributed by atoms with Crippen LogP contribution in [0.25, 0.3) is 11.3 Å². The predicted molar refractivity (Wildman–Crippen MR) is 128 cm³/mol. The van der Waals surface area contributed by atoms with Gasteiger partial charge in [-0.2, -0.15) is 4.31 Å². The van der Waals surface area contributed by atoms with Crippen molar-refractivity contribution in [3.05, 3.63) is 64.5 Å². The minimum absolute atomic E-state index is 0.0977. The summed E-state index contributed by atoms with van der Waals surface area (Å²) in [7, 11) is -3.52. The van der Waals surface area contributed by atoms with Crippen LogP contribution in [0.15, 0.2) is 52.7 Å². The number of carbonyl (C=O) groups excluding carboxylic acids is 1. The number of anilines is 1. The average Bonchev–Trinajstić information content (AvgIpc) is 3.25. The molecular formula is C24H27N3O3S2. The normalized spacial score (nSPS) is 15.6. The van der Waals surface area contributed by atoms with Crippen LogP contribution in [0.3, 0.4) is 0 Å². The van der Waals surface area contributed by atoms with Crippen molar-refractivity contribution in [2.24, 2.45) is 5.92 Å². The van der Waals surface area contributed by atoms with Crippen LogP contribution >= 0.6 is 11.3 Å². The smallest absolute Gasteiger partial charge is 0.243 e. The SMILES string of the molecule is Cc1cc(C)c(-c2csc(NC(=O)C3CCN(S(=O)(=O)c4ccccc4)CC3)n2)cc1C. The lowest BCUT2D eigenvalue weighted by Crippen LogP contribution is -2.41. The fourth-order valence-electron chi connectivity index (χ4n) is 4.00. The van der Waals surface area contributed by atoms with Crippen LogP contribution in [0.1, 0.15) is 29.5 Å². The Morgan fingerprint density at radius 1 is 1.03 bits per heavy atom. The van der Waals surface area contributed by atoms with E-state index in [4.69, 9.17) is 0 Å². The van der Waals surface area contributed by atoms with Gasteiger partial charge in [-0.3, -0.25) is 4.79 Å². The molecule has 6 nitrogen and oxygen atoms in total. The first kappa shape index (κ1) is 22.6. The quantitative estimate of drug-likeness (QED) is 0.583. The second-order valence-electron chi connectivity index (χ2n) is 8.27. The standard InChI is InChI=1S/C24H27N3O3S2/c1-16-13-18(3)21(14-17(16)2)22-15-31-24(25-22)26-23(28)19-9-11-27(12-10-19)32(29,30)20-7-5-4-6-8-20/h4-8,13-15,19H,9-12H2,1-3H3,(H,25,26,28). The van der Waals surface area contributed by atoms with Gasteiger partial charge in [-0.05, 0) is 68.5 Å². The van der Waals surface area contributed by atoms with Crippen molar-refractivity contribution in [1.82, 2.24) is 9.29 Å². The highest BCUT2D eigenvalue weighted by molar-refractivity contribution is 7.89. The molecule has 32 heavy (non-hydrogen) atoms. The highest BCUT2D eigenvalue weighted by atomic mass is 32.2. The molecule has 0 saturated carbocycles. The van der Waals surface area contributed by atoms with Gasteiger partial charge in [0.05, 0.1) is 10.6 Å². The molecule has 168 valence electrons. The number of piperidine rings is 1. The minimum Gasteiger partial charge on any atom is -0.302 e. The molecule has 1 fully saturated rings. The Balaban J connectivity index is 1.39. The summed E-state index contributed by atoms with van der Waals surface area (Å²) < 4.78 is 27.0. The van der Waals surface area contributed by atoms with Crippen molar-refractivity contribution >= 4 is 32.4 Å². The van der Waals surface area contributed by atoms with Gasteiger partial charge in [0, 0.05) is 30.0 Å². The van der Waals surface area contributed by atoms with E-state index >= 15 is 0 Å². The Kier molecular flexibility index (Phi) is 6.46. The molecule has 0 bridgehead atoms. The largest absolute Gasteiger partial charge is 0.302 e. The first-order valence-corrected chi connectivity index (χ1v) is 13.0. The average molecular weight is 470 g/mol. The Morgan fingerprint density at radius 3 is 2.38 bits per heavy atom. The molecule has 2 aromatic carbocycles. The second kappa shape index (κ2) is 9.13. The molecule has 2 heterocycles. The molecule has 1 amide bonds. The number of aryl methyl sites for hydroxylation is 3. The zero-order valence-corrected chi connectivity index (χ0v) is 20.1. The van der Waals surface area contributed by atoms with Crippen molar-refractivity contribution in [1.29, 1.82) is 0 Å². The molecule has 0 atom stereocenters. The number of aromatic nitrogens is 1. The number of amides is 1. The van der Waals surface area contributed by atoms with E-state index in [-0.39, 0.29) is 11.8 Å². The van der Waals surface area contributed by atoms with Crippen molar-refractivity contribution in [2.45, 2.75) is 38.5 Å². The molecule has 0 spiro atoms. The van der Waals surface area contributed by atoms with Gasteiger partial charge in [-0.1, -0.05) is 24.3 Å². The van der Waals surface area contributed by atoms with Crippen molar-refractivity contribution in [2.75, 3.05) is 18.4 Å². The minimum atomic E-state index is -3.52. The van der Waals surface area contributed by atoms with Crippen LogP contribution in [-0.2, 0) is 14.8 Å². The summed E-state index contributed by atoms with van der Waals surface area (Å²) in [5.41, 5.74) is 5.54. The molecular weight excluding hydrogens is 442 g/mol. The second-order valence-corrected chi connectivity index (χ2v) is 11.1. The maximum absolute atomic E-state index is 12.8. The van der Waals surface area contributed by atoms with Crippen molar-refractivity contribution in [3.8, 4) is 11.3 Å². The summed E-state index contributed by atoms with van der Waals surface area (Å²) in [6.07, 6.45) is 0.985. The fourth-order valence-corrected chi connectivity index (χ4v) is 6.20. The number of nitrogens with zero attached hydrogens (tertiary/aromatic N) is 2. The summed E-state index contributed by atoms with van der Waals surface area (Å²) in [5.74, 6) is -0.326. The van der Waals surface area contributed by atoms with Crippen LogP contribution in [0.5, 0.6) is 0 Å². The van der Waals surface area contributed by atoms with E-state index in [9.17, 15) is 13.2 Å². The van der Waals surface area contributed by atoms with Crippen LogP contribution in [0.2, 0.25) is 0 Å². The van der Waals surface area contributed by atoms with Crippen LogP contribution in [-0.4, -0.2) is 36.7 Å². The Morgan fingerprint density at radius 2 is 1.69 bits per heavy atom. The molecule has 1 aromatic heterocycles.